The third kappa shape index (κ3) is 2.68. The minimum absolute atomic E-state index is 0.0351. The Hall–Kier alpha value is -1.69. The van der Waals surface area contributed by atoms with Gasteiger partial charge in [0.2, 0.25) is 0 Å². The van der Waals surface area contributed by atoms with E-state index >= 15 is 0 Å². The lowest BCUT2D eigenvalue weighted by molar-refractivity contribution is 0.0690. The van der Waals surface area contributed by atoms with Crippen LogP contribution in [0.15, 0.2) is 12.4 Å². The molecule has 2 bridgehead atoms. The van der Waals surface area contributed by atoms with Gasteiger partial charge in [0, 0.05) is 6.54 Å². The van der Waals surface area contributed by atoms with Gasteiger partial charge in [0.05, 0.1) is 24.6 Å². The van der Waals surface area contributed by atoms with Crippen LogP contribution in [0.3, 0.4) is 0 Å². The molecule has 3 heterocycles. The van der Waals surface area contributed by atoms with Gasteiger partial charge in [0.15, 0.2) is 5.69 Å². The highest BCUT2D eigenvalue weighted by molar-refractivity contribution is 5.84. The molecule has 1 aromatic rings. The SMILES string of the molecule is O=C(O)c1cnc(NCCC2CC3CCC2O3)cn1. The first-order valence-electron chi connectivity index (χ1n) is 6.67. The third-order valence-electron chi connectivity index (χ3n) is 3.92. The second kappa shape index (κ2) is 5.13. The Kier molecular flexibility index (Phi) is 3.33. The summed E-state index contributed by atoms with van der Waals surface area (Å²) in [6.07, 6.45) is 8.32. The Morgan fingerprint density at radius 3 is 2.89 bits per heavy atom. The van der Waals surface area contributed by atoms with Crippen molar-refractivity contribution < 1.29 is 14.6 Å². The van der Waals surface area contributed by atoms with Crippen LogP contribution in [0.5, 0.6) is 0 Å². The van der Waals surface area contributed by atoms with Gasteiger partial charge in [-0.1, -0.05) is 0 Å². The summed E-state index contributed by atoms with van der Waals surface area (Å²) in [4.78, 5) is 18.5. The van der Waals surface area contributed by atoms with E-state index in [1.165, 1.54) is 31.7 Å². The number of hydrogen-bond acceptors (Lipinski definition) is 5. The van der Waals surface area contributed by atoms with Gasteiger partial charge in [-0.15, -0.1) is 0 Å². The second-order valence-corrected chi connectivity index (χ2v) is 5.18. The van der Waals surface area contributed by atoms with Crippen molar-refractivity contribution in [1.82, 2.24) is 9.97 Å². The minimum atomic E-state index is -1.06. The maximum atomic E-state index is 10.6. The lowest BCUT2D eigenvalue weighted by atomic mass is 9.87. The Balaban J connectivity index is 1.46. The number of fused-ring (bicyclic) bond motifs is 2. The van der Waals surface area contributed by atoms with E-state index in [0.29, 0.717) is 23.9 Å². The number of ether oxygens (including phenoxy) is 1. The molecule has 2 fully saturated rings. The Labute approximate surface area is 111 Å². The summed E-state index contributed by atoms with van der Waals surface area (Å²) in [7, 11) is 0. The molecule has 3 atom stereocenters. The molecule has 2 N–H and O–H groups in total. The number of nitrogens with zero attached hydrogens (tertiary/aromatic N) is 2. The van der Waals surface area contributed by atoms with Crippen LogP contribution in [0, 0.1) is 5.92 Å². The van der Waals surface area contributed by atoms with Gasteiger partial charge in [0.1, 0.15) is 5.82 Å². The molecule has 2 saturated heterocycles. The number of carbonyl (C=O) groups is 1. The van der Waals surface area contributed by atoms with Crippen LogP contribution in [-0.2, 0) is 4.74 Å². The molecule has 6 nitrogen and oxygen atoms in total. The average molecular weight is 263 g/mol. The van der Waals surface area contributed by atoms with E-state index in [9.17, 15) is 4.79 Å². The van der Waals surface area contributed by atoms with Crippen molar-refractivity contribution in [3.8, 4) is 0 Å². The number of nitrogens with one attached hydrogen (secondary N) is 1. The smallest absolute Gasteiger partial charge is 0.356 e. The van der Waals surface area contributed by atoms with E-state index in [-0.39, 0.29) is 5.69 Å². The second-order valence-electron chi connectivity index (χ2n) is 5.18. The zero-order valence-electron chi connectivity index (χ0n) is 10.6. The van der Waals surface area contributed by atoms with Gasteiger partial charge in [-0.3, -0.25) is 0 Å². The van der Waals surface area contributed by atoms with E-state index in [4.69, 9.17) is 9.84 Å². The van der Waals surface area contributed by atoms with Crippen LogP contribution in [-0.4, -0.2) is 39.8 Å². The quantitative estimate of drug-likeness (QED) is 0.838. The van der Waals surface area contributed by atoms with Crippen LogP contribution < -0.4 is 5.32 Å². The van der Waals surface area contributed by atoms with E-state index < -0.39 is 5.97 Å². The van der Waals surface area contributed by atoms with Crippen LogP contribution in [0.2, 0.25) is 0 Å². The largest absolute Gasteiger partial charge is 0.476 e. The van der Waals surface area contributed by atoms with Crippen molar-refractivity contribution >= 4 is 11.8 Å². The van der Waals surface area contributed by atoms with Crippen LogP contribution >= 0.6 is 0 Å². The van der Waals surface area contributed by atoms with Gasteiger partial charge >= 0.3 is 5.97 Å². The average Bonchev–Trinajstić information content (AvgIpc) is 3.02. The summed E-state index contributed by atoms with van der Waals surface area (Å²) in [6.45, 7) is 0.818. The third-order valence-corrected chi connectivity index (χ3v) is 3.92. The molecule has 19 heavy (non-hydrogen) atoms. The number of hydrogen-bond donors (Lipinski definition) is 2. The molecule has 0 saturated carbocycles. The van der Waals surface area contributed by atoms with Crippen LogP contribution in [0.1, 0.15) is 36.2 Å². The molecule has 2 aliphatic rings. The molecule has 1 aromatic heterocycles. The minimum Gasteiger partial charge on any atom is -0.476 e. The summed E-state index contributed by atoms with van der Waals surface area (Å²) in [5.74, 6) is 0.213. The molecule has 2 aliphatic heterocycles. The highest BCUT2D eigenvalue weighted by Crippen LogP contribution is 2.40. The molecular formula is C13H17N3O3. The first kappa shape index (κ1) is 12.3. The molecule has 0 aromatic carbocycles. The lowest BCUT2D eigenvalue weighted by Crippen LogP contribution is -2.19. The summed E-state index contributed by atoms with van der Waals surface area (Å²) in [6, 6.07) is 0. The predicted molar refractivity (Wildman–Crippen MR) is 68.1 cm³/mol. The fourth-order valence-corrected chi connectivity index (χ4v) is 2.96. The van der Waals surface area contributed by atoms with Gasteiger partial charge in [-0.05, 0) is 31.6 Å². The van der Waals surface area contributed by atoms with Crippen LogP contribution in [0.25, 0.3) is 0 Å². The Morgan fingerprint density at radius 1 is 1.42 bits per heavy atom. The van der Waals surface area contributed by atoms with Crippen molar-refractivity contribution in [2.45, 2.75) is 37.9 Å². The lowest BCUT2D eigenvalue weighted by Gasteiger charge is -2.18. The van der Waals surface area contributed by atoms with Gasteiger partial charge < -0.3 is 15.2 Å². The van der Waals surface area contributed by atoms with Crippen molar-refractivity contribution in [3.05, 3.63) is 18.1 Å². The van der Waals surface area contributed by atoms with Gasteiger partial charge in [-0.25, -0.2) is 14.8 Å². The first-order chi connectivity index (χ1) is 9.22. The summed E-state index contributed by atoms with van der Waals surface area (Å²) >= 11 is 0. The molecule has 3 unspecified atom stereocenters. The standard InChI is InChI=1S/C13H17N3O3/c17-13(18)10-6-16-12(7-15-10)14-4-3-8-5-9-1-2-11(8)19-9/h6-9,11H,1-5H2,(H,14,16)(H,17,18). The summed E-state index contributed by atoms with van der Waals surface area (Å²) < 4.78 is 5.81. The number of aromatic nitrogens is 2. The number of carboxylic acids is 1. The Bertz CT molecular complexity index is 463. The van der Waals surface area contributed by atoms with E-state index in [1.807, 2.05) is 0 Å². The molecular weight excluding hydrogens is 246 g/mol. The van der Waals surface area contributed by atoms with Crippen molar-refractivity contribution in [3.63, 3.8) is 0 Å². The van der Waals surface area contributed by atoms with E-state index in [2.05, 4.69) is 15.3 Å². The number of anilines is 1. The van der Waals surface area contributed by atoms with Crippen molar-refractivity contribution in [2.24, 2.45) is 5.92 Å². The molecule has 3 rings (SSSR count). The van der Waals surface area contributed by atoms with Crippen molar-refractivity contribution in [2.75, 3.05) is 11.9 Å². The fourth-order valence-electron chi connectivity index (χ4n) is 2.96. The van der Waals surface area contributed by atoms with E-state index in [0.717, 1.165) is 13.0 Å². The first-order valence-corrected chi connectivity index (χ1v) is 6.67. The topological polar surface area (TPSA) is 84.3 Å². The maximum Gasteiger partial charge on any atom is 0.356 e. The molecule has 0 amide bonds. The number of aromatic carboxylic acids is 1. The molecule has 0 spiro atoms. The monoisotopic (exact) mass is 263 g/mol. The van der Waals surface area contributed by atoms with Gasteiger partial charge in [-0.2, -0.15) is 0 Å². The summed E-state index contributed by atoms with van der Waals surface area (Å²) in [5.41, 5.74) is -0.0351. The number of carboxylic acid groups (broad SMARTS) is 1. The zero-order valence-corrected chi connectivity index (χ0v) is 10.6. The highest BCUT2D eigenvalue weighted by Gasteiger charge is 2.39. The molecule has 0 aliphatic carbocycles. The predicted octanol–water partition coefficient (Wildman–Crippen LogP) is 1.54. The number of rotatable bonds is 5. The van der Waals surface area contributed by atoms with E-state index in [1.54, 1.807) is 0 Å². The molecule has 102 valence electrons. The normalized spacial score (nSPS) is 28.5. The van der Waals surface area contributed by atoms with Gasteiger partial charge in [0.25, 0.3) is 0 Å². The zero-order chi connectivity index (χ0) is 13.2. The Morgan fingerprint density at radius 2 is 2.32 bits per heavy atom. The highest BCUT2D eigenvalue weighted by atomic mass is 16.5. The summed E-state index contributed by atoms with van der Waals surface area (Å²) in [5, 5.41) is 11.9. The fraction of sp³-hybridized carbons (Fsp3) is 0.615. The molecule has 0 radical (unpaired) electrons. The van der Waals surface area contributed by atoms with Crippen LogP contribution in [0.4, 0.5) is 5.82 Å². The maximum absolute atomic E-state index is 10.6. The molecule has 6 heteroatoms. The van der Waals surface area contributed by atoms with Crippen molar-refractivity contribution in [1.29, 1.82) is 0 Å².